The van der Waals surface area contributed by atoms with Crippen LogP contribution in [0.2, 0.25) is 0 Å². The van der Waals surface area contributed by atoms with Crippen LogP contribution in [-0.2, 0) is 13.1 Å². The number of para-hydroxylation sites is 1. The fraction of sp³-hybridized carbons (Fsp3) is 0.179. The summed E-state index contributed by atoms with van der Waals surface area (Å²) in [7, 11) is 0. The Morgan fingerprint density at radius 1 is 1.06 bits per heavy atom. The van der Waals surface area contributed by atoms with Gasteiger partial charge in [-0.2, -0.15) is 4.98 Å². The van der Waals surface area contributed by atoms with Crippen molar-refractivity contribution in [3.63, 3.8) is 0 Å². The van der Waals surface area contributed by atoms with Crippen LogP contribution in [-0.4, -0.2) is 34.9 Å². The molecular weight excluding hydrogens is 450 g/mol. The molecule has 0 bridgehead atoms. The van der Waals surface area contributed by atoms with Crippen molar-refractivity contribution in [3.05, 3.63) is 107 Å². The Morgan fingerprint density at radius 3 is 2.81 bits per heavy atom. The first-order valence-electron chi connectivity index (χ1n) is 11.7. The number of allylic oxidation sites excluding steroid dienone is 3. The fourth-order valence-corrected chi connectivity index (χ4v) is 4.09. The molecule has 0 saturated heterocycles. The van der Waals surface area contributed by atoms with Gasteiger partial charge in [-0.15, -0.1) is 0 Å². The number of benzene rings is 2. The van der Waals surface area contributed by atoms with Gasteiger partial charge in [-0.25, -0.2) is 24.7 Å². The molecule has 0 fully saturated rings. The topological polar surface area (TPSA) is 90.8 Å². The highest BCUT2D eigenvalue weighted by Crippen LogP contribution is 2.25. The van der Waals surface area contributed by atoms with Gasteiger partial charge in [0.25, 0.3) is 0 Å². The lowest BCUT2D eigenvalue weighted by molar-refractivity contribution is 0.757. The van der Waals surface area contributed by atoms with Crippen molar-refractivity contribution in [2.75, 3.05) is 0 Å². The van der Waals surface area contributed by atoms with Crippen LogP contribution in [0.1, 0.15) is 30.0 Å². The molecule has 0 N–H and O–H groups in total. The molecule has 0 radical (unpaired) electrons. The number of nitrogens with zero attached hydrogens (tertiary/aromatic N) is 7. The van der Waals surface area contributed by atoms with E-state index in [0.717, 1.165) is 28.8 Å². The largest absolute Gasteiger partial charge is 0.350 e. The molecule has 2 aliphatic rings. The number of aliphatic imine (C=N–C) groups is 1. The molecule has 1 aromatic heterocycles. The zero-order valence-electron chi connectivity index (χ0n) is 20.2. The third-order valence-electron chi connectivity index (χ3n) is 5.82. The highest BCUT2D eigenvalue weighted by atomic mass is 16.1. The lowest BCUT2D eigenvalue weighted by Gasteiger charge is -2.06. The van der Waals surface area contributed by atoms with E-state index in [2.05, 4.69) is 30.8 Å². The number of hydrogen-bond donors (Lipinski definition) is 0. The molecule has 2 aromatic carbocycles. The minimum atomic E-state index is -0.356. The smallest absolute Gasteiger partial charge is 0.311 e. The maximum atomic E-state index is 12.8. The molecule has 8 heteroatoms. The second-order valence-corrected chi connectivity index (χ2v) is 8.44. The summed E-state index contributed by atoms with van der Waals surface area (Å²) in [5, 5.41) is 0. The Morgan fingerprint density at radius 2 is 1.94 bits per heavy atom. The zero-order valence-corrected chi connectivity index (χ0v) is 20.2. The van der Waals surface area contributed by atoms with E-state index >= 15 is 0 Å². The van der Waals surface area contributed by atoms with Crippen molar-refractivity contribution >= 4 is 22.7 Å². The molecule has 3 heterocycles. The van der Waals surface area contributed by atoms with Crippen LogP contribution in [0.5, 0.6) is 0 Å². The van der Waals surface area contributed by atoms with Gasteiger partial charge in [-0.05, 0) is 49.4 Å². The van der Waals surface area contributed by atoms with Crippen LogP contribution in [0.3, 0.4) is 0 Å². The van der Waals surface area contributed by atoms with Gasteiger partial charge in [-0.3, -0.25) is 4.57 Å². The Hall–Kier alpha value is -4.68. The van der Waals surface area contributed by atoms with E-state index in [0.29, 0.717) is 35.8 Å². The second kappa shape index (κ2) is 10.3. The average Bonchev–Trinajstić information content (AvgIpc) is 3.34. The summed E-state index contributed by atoms with van der Waals surface area (Å²) in [6.45, 7) is 4.89. The first-order chi connectivity index (χ1) is 17.6. The Bertz CT molecular complexity index is 1650. The molecular formula is C28H25N7O. The maximum absolute atomic E-state index is 12.8. The lowest BCUT2D eigenvalue weighted by atomic mass is 10.1. The number of fused-ring (bicyclic) bond motifs is 3. The van der Waals surface area contributed by atoms with Crippen LogP contribution in [0, 0.1) is 6.92 Å². The number of rotatable bonds is 7. The summed E-state index contributed by atoms with van der Waals surface area (Å²) in [5.74, 6) is 3.47. The van der Waals surface area contributed by atoms with E-state index in [1.165, 1.54) is 6.33 Å². The third kappa shape index (κ3) is 4.76. The van der Waals surface area contributed by atoms with Crippen molar-refractivity contribution in [1.29, 1.82) is 0 Å². The van der Waals surface area contributed by atoms with Crippen molar-refractivity contribution < 1.29 is 0 Å². The normalized spacial score (nSPS) is 11.3. The number of imidazole rings is 2. The van der Waals surface area contributed by atoms with Crippen LogP contribution in [0.25, 0.3) is 22.7 Å². The Kier molecular flexibility index (Phi) is 6.60. The van der Waals surface area contributed by atoms with Gasteiger partial charge in [-0.1, -0.05) is 60.2 Å². The Balaban J connectivity index is 1.50. The molecule has 8 nitrogen and oxygen atoms in total. The predicted molar refractivity (Wildman–Crippen MR) is 141 cm³/mol. The molecule has 5 rings (SSSR count). The summed E-state index contributed by atoms with van der Waals surface area (Å²) in [6, 6.07) is 15.9. The predicted octanol–water partition coefficient (Wildman–Crippen LogP) is 4.72. The first-order valence-corrected chi connectivity index (χ1v) is 11.7. The van der Waals surface area contributed by atoms with Gasteiger partial charge in [0.15, 0.2) is 11.5 Å². The van der Waals surface area contributed by atoms with E-state index in [1.54, 1.807) is 10.9 Å². The SMILES string of the molecule is C/C=C/CC=C=Nc1ccccc1Cn1cnc2c3nc(=O)n(Cc4cccc(C)c4)c-3ncnc21. The second-order valence-electron chi connectivity index (χ2n) is 8.44. The molecule has 2 aliphatic heterocycles. The Labute approximate surface area is 208 Å². The van der Waals surface area contributed by atoms with Crippen molar-refractivity contribution in [1.82, 2.24) is 29.1 Å². The van der Waals surface area contributed by atoms with Gasteiger partial charge >= 0.3 is 5.69 Å². The van der Waals surface area contributed by atoms with E-state index in [-0.39, 0.29) is 5.69 Å². The summed E-state index contributed by atoms with van der Waals surface area (Å²) >= 11 is 0. The van der Waals surface area contributed by atoms with Crippen molar-refractivity contribution in [2.45, 2.75) is 33.4 Å². The average molecular weight is 476 g/mol. The van der Waals surface area contributed by atoms with E-state index in [9.17, 15) is 4.79 Å². The molecule has 0 aliphatic carbocycles. The number of hydrogen-bond acceptors (Lipinski definition) is 6. The molecule has 0 spiro atoms. The highest BCUT2D eigenvalue weighted by Gasteiger charge is 2.21. The molecule has 0 atom stereocenters. The molecule has 3 aromatic rings. The standard InChI is InChI=1S/C28H25N7O/c1-3-4-5-8-14-29-23-13-7-6-12-22(23)17-34-19-32-24-25-27(31-18-30-26(24)34)35(28(36)33-25)16-21-11-9-10-20(2)15-21/h3-4,6-13,15,18-19H,5,16-17H2,1-2H3/b4-3+. The zero-order chi connectivity index (χ0) is 24.9. The minimum absolute atomic E-state index is 0.356. The lowest BCUT2D eigenvalue weighted by Crippen LogP contribution is -2.17. The summed E-state index contributed by atoms with van der Waals surface area (Å²) in [6.07, 6.45) is 9.89. The molecule has 178 valence electrons. The van der Waals surface area contributed by atoms with Crippen molar-refractivity contribution in [3.8, 4) is 11.5 Å². The number of aryl methyl sites for hydroxylation is 1. The van der Waals surface area contributed by atoms with Gasteiger partial charge in [0, 0.05) is 0 Å². The molecule has 36 heavy (non-hydrogen) atoms. The summed E-state index contributed by atoms with van der Waals surface area (Å²) < 4.78 is 3.48. The van der Waals surface area contributed by atoms with E-state index in [1.807, 2.05) is 85.2 Å². The van der Waals surface area contributed by atoms with Crippen LogP contribution in [0.15, 0.2) is 89.2 Å². The summed E-state index contributed by atoms with van der Waals surface area (Å²) in [4.78, 5) is 35.2. The number of aromatic nitrogens is 6. The van der Waals surface area contributed by atoms with Crippen LogP contribution < -0.4 is 5.69 Å². The summed E-state index contributed by atoms with van der Waals surface area (Å²) in [5.41, 5.74) is 5.17. The van der Waals surface area contributed by atoms with Gasteiger partial charge < -0.3 is 4.57 Å². The molecule has 0 amide bonds. The quantitative estimate of drug-likeness (QED) is 0.251. The van der Waals surface area contributed by atoms with Crippen LogP contribution >= 0.6 is 0 Å². The minimum Gasteiger partial charge on any atom is -0.311 e. The highest BCUT2D eigenvalue weighted by molar-refractivity contribution is 5.85. The van der Waals surface area contributed by atoms with Crippen molar-refractivity contribution in [2.24, 2.45) is 4.99 Å². The maximum Gasteiger partial charge on any atom is 0.350 e. The van der Waals surface area contributed by atoms with E-state index in [4.69, 9.17) is 0 Å². The third-order valence-corrected chi connectivity index (χ3v) is 5.82. The first kappa shape index (κ1) is 23.1. The van der Waals surface area contributed by atoms with Gasteiger partial charge in [0.2, 0.25) is 0 Å². The fourth-order valence-electron chi connectivity index (χ4n) is 4.09. The van der Waals surface area contributed by atoms with Gasteiger partial charge in [0.1, 0.15) is 17.5 Å². The van der Waals surface area contributed by atoms with E-state index < -0.39 is 0 Å². The molecule has 0 saturated carbocycles. The van der Waals surface area contributed by atoms with Gasteiger partial charge in [0.05, 0.1) is 25.1 Å². The molecule has 0 unspecified atom stereocenters. The van der Waals surface area contributed by atoms with Crippen LogP contribution in [0.4, 0.5) is 5.69 Å². The monoisotopic (exact) mass is 475 g/mol.